The van der Waals surface area contributed by atoms with Gasteiger partial charge in [-0.25, -0.2) is 0 Å². The Bertz CT molecular complexity index is 436. The van der Waals surface area contributed by atoms with E-state index in [4.69, 9.17) is 14.2 Å². The van der Waals surface area contributed by atoms with Crippen molar-refractivity contribution in [2.24, 2.45) is 0 Å². The maximum Gasteiger partial charge on any atom is 0.164 e. The lowest BCUT2D eigenvalue weighted by atomic mass is 10.2. The van der Waals surface area contributed by atoms with E-state index in [1.807, 2.05) is 44.2 Å². The number of hydrogen-bond donors (Lipinski definition) is 1. The molecule has 5 nitrogen and oxygen atoms in total. The van der Waals surface area contributed by atoms with Crippen LogP contribution in [0.1, 0.15) is 19.4 Å². The Labute approximate surface area is 112 Å². The molecule has 5 heteroatoms. The highest BCUT2D eigenvalue weighted by Crippen LogP contribution is 2.36. The second-order valence-corrected chi connectivity index (χ2v) is 5.45. The molecule has 2 aliphatic rings. The van der Waals surface area contributed by atoms with E-state index in [9.17, 15) is 5.21 Å². The third-order valence-electron chi connectivity index (χ3n) is 3.41. The molecule has 0 spiro atoms. The zero-order valence-corrected chi connectivity index (χ0v) is 11.2. The Kier molecular flexibility index (Phi) is 3.32. The summed E-state index contributed by atoms with van der Waals surface area (Å²) < 4.78 is 17.1. The van der Waals surface area contributed by atoms with Gasteiger partial charge in [0.25, 0.3) is 0 Å². The normalized spacial score (nSPS) is 32.7. The molecular weight excluding hydrogens is 246 g/mol. The average Bonchev–Trinajstić information content (AvgIpc) is 2.85. The molecule has 1 N–H and O–H groups in total. The van der Waals surface area contributed by atoms with Gasteiger partial charge in [0.2, 0.25) is 0 Å². The zero-order chi connectivity index (χ0) is 13.5. The number of nitrogens with zero attached hydrogens (tertiary/aromatic N) is 1. The molecular formula is C14H19NO4. The summed E-state index contributed by atoms with van der Waals surface area (Å²) in [6.45, 7) is 4.60. The van der Waals surface area contributed by atoms with Gasteiger partial charge in [0.05, 0.1) is 13.2 Å². The van der Waals surface area contributed by atoms with Crippen LogP contribution in [0.4, 0.5) is 0 Å². The van der Waals surface area contributed by atoms with E-state index < -0.39 is 12.0 Å². The number of ether oxygens (including phenoxy) is 3. The summed E-state index contributed by atoms with van der Waals surface area (Å²) in [7, 11) is 0. The Morgan fingerprint density at radius 3 is 2.74 bits per heavy atom. The van der Waals surface area contributed by atoms with E-state index in [1.165, 1.54) is 5.06 Å². The van der Waals surface area contributed by atoms with Crippen molar-refractivity contribution in [1.29, 1.82) is 0 Å². The van der Waals surface area contributed by atoms with Gasteiger partial charge >= 0.3 is 0 Å². The van der Waals surface area contributed by atoms with Crippen molar-refractivity contribution in [3.8, 4) is 0 Å². The second kappa shape index (κ2) is 4.85. The largest absolute Gasteiger partial charge is 0.355 e. The lowest BCUT2D eigenvalue weighted by molar-refractivity contribution is -0.255. The molecule has 2 fully saturated rings. The fraction of sp³-hybridized carbons (Fsp3) is 0.571. The van der Waals surface area contributed by atoms with Gasteiger partial charge in [-0.05, 0) is 19.4 Å². The lowest BCUT2D eigenvalue weighted by Gasteiger charge is -2.27. The van der Waals surface area contributed by atoms with Crippen LogP contribution in [0.2, 0.25) is 0 Å². The van der Waals surface area contributed by atoms with Crippen molar-refractivity contribution in [1.82, 2.24) is 5.06 Å². The minimum atomic E-state index is -0.606. The van der Waals surface area contributed by atoms with E-state index in [-0.39, 0.29) is 12.2 Å². The van der Waals surface area contributed by atoms with Gasteiger partial charge in [0.15, 0.2) is 12.0 Å². The number of benzene rings is 1. The Morgan fingerprint density at radius 2 is 2.00 bits per heavy atom. The van der Waals surface area contributed by atoms with E-state index >= 15 is 0 Å². The molecule has 104 valence electrons. The van der Waals surface area contributed by atoms with E-state index in [0.717, 1.165) is 5.56 Å². The third-order valence-corrected chi connectivity index (χ3v) is 3.41. The van der Waals surface area contributed by atoms with Crippen LogP contribution in [0, 0.1) is 0 Å². The Morgan fingerprint density at radius 1 is 1.26 bits per heavy atom. The maximum atomic E-state index is 10.2. The zero-order valence-electron chi connectivity index (χ0n) is 11.2. The van der Waals surface area contributed by atoms with Crippen LogP contribution in [-0.4, -0.2) is 41.1 Å². The van der Waals surface area contributed by atoms with Gasteiger partial charge < -0.3 is 19.4 Å². The number of rotatable bonds is 3. The fourth-order valence-corrected chi connectivity index (χ4v) is 2.64. The van der Waals surface area contributed by atoms with E-state index in [1.54, 1.807) is 0 Å². The van der Waals surface area contributed by atoms with Crippen molar-refractivity contribution in [3.63, 3.8) is 0 Å². The van der Waals surface area contributed by atoms with Crippen molar-refractivity contribution in [2.75, 3.05) is 6.61 Å². The first kappa shape index (κ1) is 13.0. The quantitative estimate of drug-likeness (QED) is 0.844. The fourth-order valence-electron chi connectivity index (χ4n) is 2.64. The molecule has 2 heterocycles. The summed E-state index contributed by atoms with van der Waals surface area (Å²) in [5.74, 6) is -0.606. The van der Waals surface area contributed by atoms with Crippen LogP contribution in [-0.2, 0) is 20.8 Å². The minimum absolute atomic E-state index is 0.106. The molecule has 1 unspecified atom stereocenters. The average molecular weight is 265 g/mol. The van der Waals surface area contributed by atoms with Crippen LogP contribution in [0.5, 0.6) is 0 Å². The van der Waals surface area contributed by atoms with Gasteiger partial charge in [-0.15, -0.1) is 0 Å². The predicted molar refractivity (Wildman–Crippen MR) is 67.3 cm³/mol. The minimum Gasteiger partial charge on any atom is -0.355 e. The molecule has 3 rings (SSSR count). The highest BCUT2D eigenvalue weighted by molar-refractivity contribution is 5.14. The maximum absolute atomic E-state index is 10.2. The van der Waals surface area contributed by atoms with Gasteiger partial charge in [-0.1, -0.05) is 30.3 Å². The first-order valence-corrected chi connectivity index (χ1v) is 6.52. The first-order chi connectivity index (χ1) is 9.05. The molecule has 3 atom stereocenters. The van der Waals surface area contributed by atoms with E-state index in [2.05, 4.69) is 0 Å². The topological polar surface area (TPSA) is 51.2 Å². The summed E-state index contributed by atoms with van der Waals surface area (Å²) in [5.41, 5.74) is 1.02. The lowest BCUT2D eigenvalue weighted by Crippen LogP contribution is -2.42. The molecule has 0 aromatic heterocycles. The van der Waals surface area contributed by atoms with E-state index in [0.29, 0.717) is 13.2 Å². The third kappa shape index (κ3) is 2.66. The summed E-state index contributed by atoms with van der Waals surface area (Å²) >= 11 is 0. The highest BCUT2D eigenvalue weighted by atomic mass is 16.8. The van der Waals surface area contributed by atoms with Gasteiger partial charge in [-0.2, -0.15) is 5.06 Å². The van der Waals surface area contributed by atoms with Crippen LogP contribution < -0.4 is 0 Å². The molecule has 0 saturated carbocycles. The summed E-state index contributed by atoms with van der Waals surface area (Å²) in [6, 6.07) is 9.76. The molecule has 0 amide bonds. The molecule has 19 heavy (non-hydrogen) atoms. The van der Waals surface area contributed by atoms with Crippen LogP contribution in [0.25, 0.3) is 0 Å². The summed E-state index contributed by atoms with van der Waals surface area (Å²) in [4.78, 5) is 0. The molecule has 1 aromatic carbocycles. The first-order valence-electron chi connectivity index (χ1n) is 6.52. The molecule has 0 radical (unpaired) electrons. The number of fused-ring (bicyclic) bond motifs is 1. The van der Waals surface area contributed by atoms with Gasteiger partial charge in [0, 0.05) is 0 Å². The van der Waals surface area contributed by atoms with Crippen LogP contribution >= 0.6 is 0 Å². The van der Waals surface area contributed by atoms with Crippen molar-refractivity contribution >= 4 is 0 Å². The second-order valence-electron chi connectivity index (χ2n) is 5.45. The standard InChI is InChI=1S/C14H19NO4/c1-14(2)18-11-9-17-13(12(11)19-14)15(16)8-10-6-4-3-5-7-10/h3-7,11-13,16H,8-9H2,1-2H3/t11-,12-,13?/m0/s1. The van der Waals surface area contributed by atoms with Crippen LogP contribution in [0.3, 0.4) is 0 Å². The van der Waals surface area contributed by atoms with Crippen molar-refractivity contribution in [3.05, 3.63) is 35.9 Å². The Hall–Kier alpha value is -0.980. The number of hydroxylamine groups is 2. The van der Waals surface area contributed by atoms with Crippen molar-refractivity contribution < 1.29 is 19.4 Å². The summed E-state index contributed by atoms with van der Waals surface area (Å²) in [5, 5.41) is 11.4. The number of hydrogen-bond acceptors (Lipinski definition) is 5. The van der Waals surface area contributed by atoms with Crippen LogP contribution in [0.15, 0.2) is 30.3 Å². The summed E-state index contributed by atoms with van der Waals surface area (Å²) in [6.07, 6.45) is -0.832. The predicted octanol–water partition coefficient (Wildman–Crippen LogP) is 1.75. The highest BCUT2D eigenvalue weighted by Gasteiger charge is 2.51. The smallest absolute Gasteiger partial charge is 0.164 e. The van der Waals surface area contributed by atoms with Gasteiger partial charge in [-0.3, -0.25) is 0 Å². The Balaban J connectivity index is 1.66. The molecule has 0 bridgehead atoms. The van der Waals surface area contributed by atoms with Crippen molar-refractivity contribution in [2.45, 2.75) is 44.6 Å². The SMILES string of the molecule is CC1(C)O[C@H]2COC(N(O)Cc3ccccc3)[C@H]2O1. The monoisotopic (exact) mass is 265 g/mol. The van der Waals surface area contributed by atoms with Gasteiger partial charge in [0.1, 0.15) is 12.2 Å². The molecule has 2 aliphatic heterocycles. The molecule has 0 aliphatic carbocycles. The molecule has 2 saturated heterocycles. The molecule has 1 aromatic rings.